The molecule has 3 N–H and O–H groups in total. The van der Waals surface area contributed by atoms with Crippen LogP contribution in [0.4, 0.5) is 15.8 Å². The van der Waals surface area contributed by atoms with E-state index in [0.29, 0.717) is 16.3 Å². The maximum atomic E-state index is 13.5. The summed E-state index contributed by atoms with van der Waals surface area (Å²) in [6.07, 6.45) is 0. The van der Waals surface area contributed by atoms with Crippen LogP contribution in [0.3, 0.4) is 0 Å². The molecular formula is C13H12ClFN2. The topological polar surface area (TPSA) is 38.0 Å². The first kappa shape index (κ1) is 11.9. The quantitative estimate of drug-likeness (QED) is 0.872. The van der Waals surface area contributed by atoms with Gasteiger partial charge in [0.15, 0.2) is 0 Å². The fourth-order valence-corrected chi connectivity index (χ4v) is 1.80. The summed E-state index contributed by atoms with van der Waals surface area (Å²) in [5.74, 6) is -0.306. The normalized spacial score (nSPS) is 10.3. The van der Waals surface area contributed by atoms with Gasteiger partial charge in [0.2, 0.25) is 0 Å². The van der Waals surface area contributed by atoms with Crippen LogP contribution < -0.4 is 11.1 Å². The van der Waals surface area contributed by atoms with Gasteiger partial charge in [-0.05, 0) is 30.3 Å². The monoisotopic (exact) mass is 250 g/mol. The molecule has 2 aromatic rings. The van der Waals surface area contributed by atoms with Gasteiger partial charge in [0.1, 0.15) is 5.82 Å². The Morgan fingerprint density at radius 3 is 2.65 bits per heavy atom. The third-order valence-electron chi connectivity index (χ3n) is 2.43. The van der Waals surface area contributed by atoms with Crippen LogP contribution in [0.2, 0.25) is 5.02 Å². The predicted molar refractivity (Wildman–Crippen MR) is 69.0 cm³/mol. The van der Waals surface area contributed by atoms with E-state index in [1.165, 1.54) is 6.07 Å². The van der Waals surface area contributed by atoms with Crippen LogP contribution in [0.15, 0.2) is 42.5 Å². The standard InChI is InChI=1S/C13H12ClFN2/c14-9-3-1-4-10(7-9)17-13-6-2-5-12(15)11(13)8-16/h1-7,17H,8,16H2. The second kappa shape index (κ2) is 5.17. The maximum absolute atomic E-state index is 13.5. The molecule has 0 amide bonds. The van der Waals surface area contributed by atoms with E-state index in [-0.39, 0.29) is 12.4 Å². The first-order valence-electron chi connectivity index (χ1n) is 5.21. The molecule has 0 aromatic heterocycles. The average Bonchev–Trinajstić information content (AvgIpc) is 2.29. The largest absolute Gasteiger partial charge is 0.355 e. The Morgan fingerprint density at radius 2 is 1.94 bits per heavy atom. The SMILES string of the molecule is NCc1c(F)cccc1Nc1cccc(Cl)c1. The van der Waals surface area contributed by atoms with E-state index in [4.69, 9.17) is 17.3 Å². The molecule has 0 spiro atoms. The molecule has 0 heterocycles. The van der Waals surface area contributed by atoms with E-state index in [2.05, 4.69) is 5.32 Å². The highest BCUT2D eigenvalue weighted by Gasteiger charge is 2.06. The fourth-order valence-electron chi connectivity index (χ4n) is 1.60. The smallest absolute Gasteiger partial charge is 0.129 e. The molecule has 0 atom stereocenters. The zero-order valence-corrected chi connectivity index (χ0v) is 9.84. The average molecular weight is 251 g/mol. The molecule has 0 unspecified atom stereocenters. The molecule has 4 heteroatoms. The zero-order chi connectivity index (χ0) is 12.3. The van der Waals surface area contributed by atoms with E-state index in [1.54, 1.807) is 24.3 Å². The highest BCUT2D eigenvalue weighted by Crippen LogP contribution is 2.24. The van der Waals surface area contributed by atoms with E-state index in [0.717, 1.165) is 5.69 Å². The minimum atomic E-state index is -0.306. The first-order chi connectivity index (χ1) is 8.20. The van der Waals surface area contributed by atoms with Crippen LogP contribution in [-0.4, -0.2) is 0 Å². The molecule has 88 valence electrons. The summed E-state index contributed by atoms with van der Waals surface area (Å²) in [5, 5.41) is 3.73. The molecule has 0 radical (unpaired) electrons. The molecule has 2 aromatic carbocycles. The van der Waals surface area contributed by atoms with Crippen molar-refractivity contribution in [2.24, 2.45) is 5.73 Å². The molecular weight excluding hydrogens is 239 g/mol. The summed E-state index contributed by atoms with van der Waals surface area (Å²) >= 11 is 5.88. The summed E-state index contributed by atoms with van der Waals surface area (Å²) in [6.45, 7) is 0.148. The second-order valence-corrected chi connectivity index (χ2v) is 4.04. The van der Waals surface area contributed by atoms with Crippen molar-refractivity contribution in [3.05, 3.63) is 58.9 Å². The maximum Gasteiger partial charge on any atom is 0.129 e. The van der Waals surface area contributed by atoms with Crippen molar-refractivity contribution in [1.82, 2.24) is 0 Å². The van der Waals surface area contributed by atoms with Gasteiger partial charge in [0.05, 0.1) is 0 Å². The van der Waals surface area contributed by atoms with Crippen molar-refractivity contribution in [3.63, 3.8) is 0 Å². The molecule has 0 aliphatic rings. The lowest BCUT2D eigenvalue weighted by molar-refractivity contribution is 0.611. The van der Waals surface area contributed by atoms with Crippen molar-refractivity contribution in [1.29, 1.82) is 0 Å². The van der Waals surface area contributed by atoms with Crippen LogP contribution in [0.1, 0.15) is 5.56 Å². The van der Waals surface area contributed by atoms with Gasteiger partial charge in [-0.15, -0.1) is 0 Å². The highest BCUT2D eigenvalue weighted by atomic mass is 35.5. The van der Waals surface area contributed by atoms with E-state index >= 15 is 0 Å². The molecule has 0 saturated heterocycles. The molecule has 0 aliphatic carbocycles. The molecule has 2 nitrogen and oxygen atoms in total. The Labute approximate surface area is 104 Å². The van der Waals surface area contributed by atoms with Gasteiger partial charge >= 0.3 is 0 Å². The van der Waals surface area contributed by atoms with Crippen LogP contribution >= 0.6 is 11.6 Å². The summed E-state index contributed by atoms with van der Waals surface area (Å²) in [6, 6.07) is 12.1. The number of nitrogens with one attached hydrogen (secondary N) is 1. The molecule has 0 aliphatic heterocycles. The first-order valence-corrected chi connectivity index (χ1v) is 5.58. The predicted octanol–water partition coefficient (Wildman–Crippen LogP) is 3.68. The van der Waals surface area contributed by atoms with E-state index in [9.17, 15) is 4.39 Å². The lowest BCUT2D eigenvalue weighted by Gasteiger charge is -2.11. The second-order valence-electron chi connectivity index (χ2n) is 3.61. The van der Waals surface area contributed by atoms with Gasteiger partial charge in [0.25, 0.3) is 0 Å². The van der Waals surface area contributed by atoms with Crippen molar-refractivity contribution in [2.45, 2.75) is 6.54 Å². The van der Waals surface area contributed by atoms with Crippen LogP contribution in [0, 0.1) is 5.82 Å². The minimum Gasteiger partial charge on any atom is -0.355 e. The number of benzene rings is 2. The van der Waals surface area contributed by atoms with E-state index in [1.807, 2.05) is 12.1 Å². The van der Waals surface area contributed by atoms with Crippen molar-refractivity contribution in [2.75, 3.05) is 5.32 Å². The van der Waals surface area contributed by atoms with Gasteiger partial charge in [0, 0.05) is 28.5 Å². The number of rotatable bonds is 3. The van der Waals surface area contributed by atoms with Crippen LogP contribution in [0.5, 0.6) is 0 Å². The van der Waals surface area contributed by atoms with Crippen LogP contribution in [-0.2, 0) is 6.54 Å². The third-order valence-corrected chi connectivity index (χ3v) is 2.66. The van der Waals surface area contributed by atoms with Crippen LogP contribution in [0.25, 0.3) is 0 Å². The number of hydrogen-bond donors (Lipinski definition) is 2. The number of halogens is 2. The van der Waals surface area contributed by atoms with Crippen molar-refractivity contribution < 1.29 is 4.39 Å². The Balaban J connectivity index is 2.33. The summed E-state index contributed by atoms with van der Waals surface area (Å²) in [4.78, 5) is 0. The third kappa shape index (κ3) is 2.75. The number of anilines is 2. The fraction of sp³-hybridized carbons (Fsp3) is 0.0769. The van der Waals surface area contributed by atoms with Gasteiger partial charge in [-0.2, -0.15) is 0 Å². The zero-order valence-electron chi connectivity index (χ0n) is 9.08. The van der Waals surface area contributed by atoms with Gasteiger partial charge in [-0.3, -0.25) is 0 Å². The Bertz CT molecular complexity index is 529. The minimum absolute atomic E-state index is 0.148. The Hall–Kier alpha value is -1.58. The van der Waals surface area contributed by atoms with Crippen molar-refractivity contribution >= 4 is 23.0 Å². The van der Waals surface area contributed by atoms with E-state index < -0.39 is 0 Å². The molecule has 17 heavy (non-hydrogen) atoms. The molecule has 0 fully saturated rings. The number of hydrogen-bond acceptors (Lipinski definition) is 2. The lowest BCUT2D eigenvalue weighted by atomic mass is 10.1. The van der Waals surface area contributed by atoms with Gasteiger partial charge in [-0.25, -0.2) is 4.39 Å². The molecule has 0 saturated carbocycles. The number of nitrogens with two attached hydrogens (primary N) is 1. The van der Waals surface area contributed by atoms with Gasteiger partial charge in [-0.1, -0.05) is 23.7 Å². The van der Waals surface area contributed by atoms with Gasteiger partial charge < -0.3 is 11.1 Å². The highest BCUT2D eigenvalue weighted by molar-refractivity contribution is 6.30. The Morgan fingerprint density at radius 1 is 1.18 bits per heavy atom. The summed E-state index contributed by atoms with van der Waals surface area (Å²) in [5.41, 5.74) is 7.46. The molecule has 2 rings (SSSR count). The lowest BCUT2D eigenvalue weighted by Crippen LogP contribution is -2.04. The summed E-state index contributed by atoms with van der Waals surface area (Å²) in [7, 11) is 0. The summed E-state index contributed by atoms with van der Waals surface area (Å²) < 4.78 is 13.5. The Kier molecular flexibility index (Phi) is 3.61. The molecule has 0 bridgehead atoms. The van der Waals surface area contributed by atoms with Crippen molar-refractivity contribution in [3.8, 4) is 0 Å².